The number of esters is 3. The van der Waals surface area contributed by atoms with Gasteiger partial charge in [0.25, 0.3) is 0 Å². The van der Waals surface area contributed by atoms with Gasteiger partial charge in [-0.25, -0.2) is 4.79 Å². The number of nitrogens with two attached hydrogens (primary N) is 1. The van der Waals surface area contributed by atoms with E-state index in [1.54, 1.807) is 26.8 Å². The lowest BCUT2D eigenvalue weighted by atomic mass is 10.1. The van der Waals surface area contributed by atoms with Gasteiger partial charge in [0, 0.05) is 12.8 Å². The van der Waals surface area contributed by atoms with Crippen molar-refractivity contribution in [1.29, 1.82) is 0 Å². The average molecular weight is 482 g/mol. The number of hydrogen-bond acceptors (Lipinski definition) is 10. The van der Waals surface area contributed by atoms with E-state index in [9.17, 15) is 19.2 Å². The molecular weight excluding hydrogens is 446 g/mol. The summed E-state index contributed by atoms with van der Waals surface area (Å²) < 4.78 is 25.6. The van der Waals surface area contributed by atoms with Gasteiger partial charge in [0.1, 0.15) is 18.8 Å². The second-order valence-corrected chi connectivity index (χ2v) is 8.01. The third kappa shape index (κ3) is 11.1. The van der Waals surface area contributed by atoms with E-state index >= 15 is 0 Å². The minimum atomic E-state index is -1.03. The molecule has 0 aromatic heterocycles. The van der Waals surface area contributed by atoms with Gasteiger partial charge in [-0.05, 0) is 57.7 Å². The molecule has 2 N–H and O–H groups in total. The third-order valence-corrected chi connectivity index (χ3v) is 4.21. The van der Waals surface area contributed by atoms with Crippen LogP contribution in [-0.2, 0) is 35.0 Å². The van der Waals surface area contributed by atoms with Gasteiger partial charge in [0.05, 0.1) is 6.10 Å². The molecule has 1 aromatic rings. The first-order chi connectivity index (χ1) is 16.0. The Morgan fingerprint density at radius 1 is 0.882 bits per heavy atom. The van der Waals surface area contributed by atoms with Crippen molar-refractivity contribution >= 4 is 24.1 Å². The molecule has 0 heterocycles. The van der Waals surface area contributed by atoms with E-state index in [0.717, 1.165) is 0 Å². The summed E-state index contributed by atoms with van der Waals surface area (Å²) >= 11 is 0. The monoisotopic (exact) mass is 481 g/mol. The van der Waals surface area contributed by atoms with Gasteiger partial charge in [-0.1, -0.05) is 19.9 Å². The molecule has 0 aliphatic carbocycles. The van der Waals surface area contributed by atoms with Crippen LogP contribution in [0.25, 0.3) is 0 Å². The topological polar surface area (TPSA) is 140 Å². The average Bonchev–Trinajstić information content (AvgIpc) is 2.73. The van der Waals surface area contributed by atoms with Crippen molar-refractivity contribution in [1.82, 2.24) is 0 Å². The van der Waals surface area contributed by atoms with E-state index in [-0.39, 0.29) is 43.5 Å². The van der Waals surface area contributed by atoms with Gasteiger partial charge >= 0.3 is 24.1 Å². The zero-order chi connectivity index (χ0) is 25.7. The molecule has 1 aromatic carbocycles. The van der Waals surface area contributed by atoms with Crippen LogP contribution in [0.5, 0.6) is 11.5 Å². The van der Waals surface area contributed by atoms with Gasteiger partial charge in [-0.3, -0.25) is 14.4 Å². The van der Waals surface area contributed by atoms with Crippen molar-refractivity contribution in [3.63, 3.8) is 0 Å². The van der Waals surface area contributed by atoms with E-state index in [2.05, 4.69) is 0 Å². The molecule has 0 unspecified atom stereocenters. The first-order valence-corrected chi connectivity index (χ1v) is 11.4. The van der Waals surface area contributed by atoms with E-state index in [4.69, 9.17) is 29.4 Å². The first-order valence-electron chi connectivity index (χ1n) is 11.4. The van der Waals surface area contributed by atoms with Crippen molar-refractivity contribution in [2.75, 3.05) is 6.61 Å². The van der Waals surface area contributed by atoms with Crippen LogP contribution in [0, 0.1) is 0 Å². The molecule has 190 valence electrons. The SMILES string of the molecule is CCCC(=O)Oc1ccc(C[C@H](N)C(=O)OC[C@H](C)OC(=O)OC(C)C)cc1OC(=O)CCC. The lowest BCUT2D eigenvalue weighted by Crippen LogP contribution is -2.36. The Morgan fingerprint density at radius 3 is 2.03 bits per heavy atom. The van der Waals surface area contributed by atoms with Gasteiger partial charge in [0.2, 0.25) is 0 Å². The summed E-state index contributed by atoms with van der Waals surface area (Å²) in [6, 6.07) is 3.59. The Morgan fingerprint density at radius 2 is 1.47 bits per heavy atom. The molecule has 0 saturated heterocycles. The predicted octanol–water partition coefficient (Wildman–Crippen LogP) is 3.46. The lowest BCUT2D eigenvalue weighted by molar-refractivity contribution is -0.148. The number of ether oxygens (including phenoxy) is 5. The molecule has 10 nitrogen and oxygen atoms in total. The number of carbonyl (C=O) groups excluding carboxylic acids is 4. The number of rotatable bonds is 13. The van der Waals surface area contributed by atoms with Crippen LogP contribution in [0.2, 0.25) is 0 Å². The van der Waals surface area contributed by atoms with Crippen LogP contribution < -0.4 is 15.2 Å². The molecule has 34 heavy (non-hydrogen) atoms. The van der Waals surface area contributed by atoms with Crippen LogP contribution in [-0.4, -0.2) is 48.9 Å². The van der Waals surface area contributed by atoms with Crippen molar-refractivity contribution in [2.24, 2.45) is 5.73 Å². The Kier molecular flexibility index (Phi) is 12.7. The smallest absolute Gasteiger partial charge is 0.461 e. The minimum Gasteiger partial charge on any atom is -0.461 e. The Hall–Kier alpha value is -3.14. The summed E-state index contributed by atoms with van der Waals surface area (Å²) in [5.74, 6) is -1.43. The van der Waals surface area contributed by atoms with Crippen molar-refractivity contribution < 1.29 is 42.9 Å². The maximum atomic E-state index is 12.3. The maximum absolute atomic E-state index is 12.3. The molecule has 0 fully saturated rings. The van der Waals surface area contributed by atoms with E-state index in [1.165, 1.54) is 12.1 Å². The molecule has 1 rings (SSSR count). The minimum absolute atomic E-state index is 0.0744. The van der Waals surface area contributed by atoms with Gasteiger partial charge in [-0.2, -0.15) is 0 Å². The molecule has 10 heteroatoms. The largest absolute Gasteiger partial charge is 0.508 e. The van der Waals surface area contributed by atoms with Gasteiger partial charge in [-0.15, -0.1) is 0 Å². The van der Waals surface area contributed by atoms with Crippen molar-refractivity contribution in [3.8, 4) is 11.5 Å². The highest BCUT2D eigenvalue weighted by Crippen LogP contribution is 2.30. The summed E-state index contributed by atoms with van der Waals surface area (Å²) in [5, 5.41) is 0. The zero-order valence-electron chi connectivity index (χ0n) is 20.5. The normalized spacial score (nSPS) is 12.4. The fourth-order valence-electron chi connectivity index (χ4n) is 2.66. The van der Waals surface area contributed by atoms with Crippen LogP contribution in [0.15, 0.2) is 18.2 Å². The quantitative estimate of drug-likeness (QED) is 0.329. The van der Waals surface area contributed by atoms with Crippen LogP contribution in [0.4, 0.5) is 4.79 Å². The Bertz CT molecular complexity index is 838. The van der Waals surface area contributed by atoms with Crippen LogP contribution in [0.3, 0.4) is 0 Å². The highest BCUT2D eigenvalue weighted by molar-refractivity contribution is 5.77. The molecule has 2 atom stereocenters. The van der Waals surface area contributed by atoms with Gasteiger partial charge < -0.3 is 29.4 Å². The molecule has 0 aliphatic rings. The van der Waals surface area contributed by atoms with Crippen molar-refractivity contribution in [3.05, 3.63) is 23.8 Å². The molecule has 0 saturated carbocycles. The lowest BCUT2D eigenvalue weighted by Gasteiger charge is -2.17. The van der Waals surface area contributed by atoms with E-state index < -0.39 is 36.2 Å². The number of hydrogen-bond donors (Lipinski definition) is 1. The third-order valence-electron chi connectivity index (χ3n) is 4.21. The first kappa shape index (κ1) is 28.9. The van der Waals surface area contributed by atoms with Crippen LogP contribution >= 0.6 is 0 Å². The zero-order valence-corrected chi connectivity index (χ0v) is 20.5. The van der Waals surface area contributed by atoms with E-state index in [1.807, 2.05) is 13.8 Å². The Balaban J connectivity index is 2.78. The van der Waals surface area contributed by atoms with Gasteiger partial charge in [0.15, 0.2) is 11.5 Å². The second-order valence-electron chi connectivity index (χ2n) is 8.01. The molecule has 0 bridgehead atoms. The summed E-state index contributed by atoms with van der Waals surface area (Å²) in [6.07, 6.45) is -0.203. The Labute approximate surface area is 200 Å². The molecule has 0 radical (unpaired) electrons. The maximum Gasteiger partial charge on any atom is 0.508 e. The fraction of sp³-hybridized carbons (Fsp3) is 0.583. The summed E-state index contributed by atoms with van der Waals surface area (Å²) in [6.45, 7) is 8.41. The molecule has 0 amide bonds. The van der Waals surface area contributed by atoms with E-state index in [0.29, 0.717) is 18.4 Å². The van der Waals surface area contributed by atoms with Crippen molar-refractivity contribution in [2.45, 2.75) is 85.0 Å². The summed E-state index contributed by atoms with van der Waals surface area (Å²) in [7, 11) is 0. The molecular formula is C24H35NO9. The molecule has 0 spiro atoms. The second kappa shape index (κ2) is 14.9. The summed E-state index contributed by atoms with van der Waals surface area (Å²) in [4.78, 5) is 47.6. The highest BCUT2D eigenvalue weighted by Gasteiger charge is 2.21. The number of carbonyl (C=O) groups is 4. The molecule has 0 aliphatic heterocycles. The summed E-state index contributed by atoms with van der Waals surface area (Å²) in [5.41, 5.74) is 6.53. The van der Waals surface area contributed by atoms with Crippen LogP contribution in [0.1, 0.15) is 65.9 Å². The fourth-order valence-corrected chi connectivity index (χ4v) is 2.66. The standard InChI is InChI=1S/C24H35NO9/c1-6-8-21(26)33-19-11-10-17(13-20(19)34-22(27)9-7-2)12-18(25)23(28)30-14-16(5)32-24(29)31-15(3)4/h10-11,13,15-16,18H,6-9,12,14,25H2,1-5H3/t16-,18-/m0/s1. The predicted molar refractivity (Wildman–Crippen MR) is 122 cm³/mol. The highest BCUT2D eigenvalue weighted by atomic mass is 16.7. The number of benzene rings is 1.